The number of halogens is 1. The second-order valence-corrected chi connectivity index (χ2v) is 7.16. The predicted molar refractivity (Wildman–Crippen MR) is 98.3 cm³/mol. The number of rotatable bonds is 7. The van der Waals surface area contributed by atoms with E-state index in [0.29, 0.717) is 11.4 Å². The van der Waals surface area contributed by atoms with Crippen LogP contribution in [0, 0.1) is 5.82 Å². The van der Waals surface area contributed by atoms with Crippen LogP contribution < -0.4 is 5.32 Å². The van der Waals surface area contributed by atoms with Crippen LogP contribution in [0.25, 0.3) is 0 Å². The maximum absolute atomic E-state index is 13.1. The van der Waals surface area contributed by atoms with E-state index in [1.54, 1.807) is 32.0 Å². The molecule has 2 rings (SSSR count). The lowest BCUT2D eigenvalue weighted by molar-refractivity contribution is -0.133. The summed E-state index contributed by atoms with van der Waals surface area (Å²) >= 11 is 1.30. The smallest absolute Gasteiger partial charge is 0.313 e. The van der Waals surface area contributed by atoms with Gasteiger partial charge in [-0.15, -0.1) is 11.8 Å². The number of anilines is 1. The average molecular weight is 361 g/mol. The molecule has 0 aromatic heterocycles. The Bertz CT molecular complexity index is 760. The van der Waals surface area contributed by atoms with E-state index in [-0.39, 0.29) is 17.5 Å². The first-order valence-electron chi connectivity index (χ1n) is 7.75. The van der Waals surface area contributed by atoms with Crippen LogP contribution in [0.3, 0.4) is 0 Å². The molecule has 0 spiro atoms. The molecule has 0 aliphatic heterocycles. The molecule has 0 saturated carbocycles. The van der Waals surface area contributed by atoms with Gasteiger partial charge in [0.1, 0.15) is 5.82 Å². The Labute approximate surface area is 150 Å². The standard InChI is InChI=1S/C19H20FNO3S/c1-19(2,14-6-8-15(20)9-7-14)18(24)21-16-5-3-4-13(10-16)11-25-12-17(22)23/h3-10H,11-12H2,1-2H3,(H,21,24)(H,22,23). The highest BCUT2D eigenvalue weighted by atomic mass is 32.2. The summed E-state index contributed by atoms with van der Waals surface area (Å²) in [5, 5.41) is 11.6. The minimum absolute atomic E-state index is 0.0359. The monoisotopic (exact) mass is 361 g/mol. The van der Waals surface area contributed by atoms with Gasteiger partial charge in [-0.25, -0.2) is 4.39 Å². The minimum atomic E-state index is -0.851. The van der Waals surface area contributed by atoms with Gasteiger partial charge >= 0.3 is 5.97 Å². The van der Waals surface area contributed by atoms with Crippen LogP contribution in [0.1, 0.15) is 25.0 Å². The van der Waals surface area contributed by atoms with Crippen LogP contribution in [0.15, 0.2) is 48.5 Å². The van der Waals surface area contributed by atoms with Crippen molar-refractivity contribution in [3.63, 3.8) is 0 Å². The molecule has 0 aliphatic carbocycles. The van der Waals surface area contributed by atoms with Crippen molar-refractivity contribution < 1.29 is 19.1 Å². The number of hydrogen-bond acceptors (Lipinski definition) is 3. The van der Waals surface area contributed by atoms with Crippen LogP contribution >= 0.6 is 11.8 Å². The largest absolute Gasteiger partial charge is 0.481 e. The van der Waals surface area contributed by atoms with Crippen molar-refractivity contribution in [1.29, 1.82) is 0 Å². The van der Waals surface area contributed by atoms with Crippen molar-refractivity contribution in [3.8, 4) is 0 Å². The second-order valence-electron chi connectivity index (χ2n) is 6.17. The van der Waals surface area contributed by atoms with Gasteiger partial charge in [-0.1, -0.05) is 24.3 Å². The summed E-state index contributed by atoms with van der Waals surface area (Å²) in [7, 11) is 0. The zero-order valence-electron chi connectivity index (χ0n) is 14.1. The molecule has 0 aliphatic rings. The maximum atomic E-state index is 13.1. The number of hydrogen-bond donors (Lipinski definition) is 2. The molecule has 1 amide bonds. The van der Waals surface area contributed by atoms with Crippen molar-refractivity contribution in [1.82, 2.24) is 0 Å². The Morgan fingerprint density at radius 1 is 1.16 bits per heavy atom. The third-order valence-corrected chi connectivity index (χ3v) is 4.80. The third kappa shape index (κ3) is 5.32. The number of carbonyl (C=O) groups is 2. The van der Waals surface area contributed by atoms with Crippen molar-refractivity contribution in [2.24, 2.45) is 0 Å². The Morgan fingerprint density at radius 3 is 2.48 bits per heavy atom. The fourth-order valence-electron chi connectivity index (χ4n) is 2.28. The Morgan fingerprint density at radius 2 is 1.84 bits per heavy atom. The molecule has 0 heterocycles. The van der Waals surface area contributed by atoms with Gasteiger partial charge in [-0.05, 0) is 49.2 Å². The number of thioether (sulfide) groups is 1. The van der Waals surface area contributed by atoms with Gasteiger partial charge in [0.05, 0.1) is 11.2 Å². The molecule has 2 N–H and O–H groups in total. The summed E-state index contributed by atoms with van der Waals surface area (Å²) in [6.45, 7) is 3.56. The lowest BCUT2D eigenvalue weighted by atomic mass is 9.83. The molecule has 0 fully saturated rings. The molecule has 4 nitrogen and oxygen atoms in total. The zero-order chi connectivity index (χ0) is 18.4. The topological polar surface area (TPSA) is 66.4 Å². The summed E-state index contributed by atoms with van der Waals surface area (Å²) in [5.41, 5.74) is 1.48. The average Bonchev–Trinajstić information content (AvgIpc) is 2.55. The normalized spacial score (nSPS) is 11.2. The van der Waals surface area contributed by atoms with Crippen molar-refractivity contribution in [3.05, 3.63) is 65.5 Å². The van der Waals surface area contributed by atoms with E-state index < -0.39 is 11.4 Å². The highest BCUT2D eigenvalue weighted by Gasteiger charge is 2.29. The van der Waals surface area contributed by atoms with Crippen molar-refractivity contribution in [2.75, 3.05) is 11.1 Å². The Hall–Kier alpha value is -2.34. The molecule has 132 valence electrons. The molecule has 6 heteroatoms. The number of carboxylic acid groups (broad SMARTS) is 1. The summed E-state index contributed by atoms with van der Waals surface area (Å²) in [5.74, 6) is -0.803. The van der Waals surface area contributed by atoms with Crippen LogP contribution in [0.2, 0.25) is 0 Å². The van der Waals surface area contributed by atoms with Gasteiger partial charge in [-0.2, -0.15) is 0 Å². The van der Waals surface area contributed by atoms with Gasteiger partial charge < -0.3 is 10.4 Å². The molecule has 0 bridgehead atoms. The fourth-order valence-corrected chi connectivity index (χ4v) is 2.97. The SMILES string of the molecule is CC(C)(C(=O)Nc1cccc(CSCC(=O)O)c1)c1ccc(F)cc1. The lowest BCUT2D eigenvalue weighted by Gasteiger charge is -2.24. The quantitative estimate of drug-likeness (QED) is 0.780. The molecule has 0 saturated heterocycles. The molecule has 25 heavy (non-hydrogen) atoms. The van der Waals surface area contributed by atoms with E-state index in [9.17, 15) is 14.0 Å². The summed E-state index contributed by atoms with van der Waals surface area (Å²) in [6.07, 6.45) is 0. The number of aliphatic carboxylic acids is 1. The summed E-state index contributed by atoms with van der Waals surface area (Å²) in [4.78, 5) is 23.2. The molecular weight excluding hydrogens is 341 g/mol. The van der Waals surface area contributed by atoms with Crippen LogP contribution in [-0.2, 0) is 20.8 Å². The van der Waals surface area contributed by atoms with Gasteiger partial charge in [0, 0.05) is 11.4 Å². The minimum Gasteiger partial charge on any atom is -0.481 e. The van der Waals surface area contributed by atoms with Gasteiger partial charge in [0.15, 0.2) is 0 Å². The Balaban J connectivity index is 2.06. The highest BCUT2D eigenvalue weighted by Crippen LogP contribution is 2.26. The van der Waals surface area contributed by atoms with Crippen LogP contribution in [-0.4, -0.2) is 22.7 Å². The summed E-state index contributed by atoms with van der Waals surface area (Å²) in [6, 6.07) is 13.2. The second kappa shape index (κ2) is 8.16. The predicted octanol–water partition coefficient (Wildman–Crippen LogP) is 4.06. The van der Waals surface area contributed by atoms with Crippen molar-refractivity contribution in [2.45, 2.75) is 25.0 Å². The molecule has 0 radical (unpaired) electrons. The van der Waals surface area contributed by atoms with Crippen LogP contribution in [0.5, 0.6) is 0 Å². The van der Waals surface area contributed by atoms with E-state index >= 15 is 0 Å². The van der Waals surface area contributed by atoms with Crippen molar-refractivity contribution >= 4 is 29.3 Å². The molecule has 0 atom stereocenters. The first-order valence-corrected chi connectivity index (χ1v) is 8.90. The Kier molecular flexibility index (Phi) is 6.20. The molecular formula is C19H20FNO3S. The molecule has 2 aromatic carbocycles. The number of nitrogens with one attached hydrogen (secondary N) is 1. The number of benzene rings is 2. The van der Waals surface area contributed by atoms with E-state index in [1.165, 1.54) is 23.9 Å². The summed E-state index contributed by atoms with van der Waals surface area (Å²) < 4.78 is 13.1. The van der Waals surface area contributed by atoms with E-state index in [0.717, 1.165) is 11.1 Å². The van der Waals surface area contributed by atoms with E-state index in [4.69, 9.17) is 5.11 Å². The van der Waals surface area contributed by atoms with Gasteiger partial charge in [-0.3, -0.25) is 9.59 Å². The van der Waals surface area contributed by atoms with E-state index in [2.05, 4.69) is 5.32 Å². The maximum Gasteiger partial charge on any atom is 0.313 e. The molecule has 2 aromatic rings. The van der Waals surface area contributed by atoms with E-state index in [1.807, 2.05) is 18.2 Å². The zero-order valence-corrected chi connectivity index (χ0v) is 14.9. The first-order chi connectivity index (χ1) is 11.8. The highest BCUT2D eigenvalue weighted by molar-refractivity contribution is 7.99. The van der Waals surface area contributed by atoms with Gasteiger partial charge in [0.2, 0.25) is 5.91 Å². The lowest BCUT2D eigenvalue weighted by Crippen LogP contribution is -2.34. The first kappa shape index (κ1) is 19.0. The number of carboxylic acids is 1. The fraction of sp³-hybridized carbons (Fsp3) is 0.263. The molecule has 0 unspecified atom stereocenters. The van der Waals surface area contributed by atoms with Crippen LogP contribution in [0.4, 0.5) is 10.1 Å². The third-order valence-electron chi connectivity index (χ3n) is 3.81. The van der Waals surface area contributed by atoms with Gasteiger partial charge in [0.25, 0.3) is 0 Å². The number of amides is 1. The number of carbonyl (C=O) groups excluding carboxylic acids is 1.